The Morgan fingerprint density at radius 2 is 2.17 bits per heavy atom. The van der Waals surface area contributed by atoms with Gasteiger partial charge in [0.15, 0.2) is 0 Å². The number of aromatic nitrogens is 2. The minimum absolute atomic E-state index is 0.0159. The topological polar surface area (TPSA) is 51.4 Å². The molecule has 5 nitrogen and oxygen atoms in total. The highest BCUT2D eigenvalue weighted by Crippen LogP contribution is 2.25. The molecule has 2 aromatic heterocycles. The normalized spacial score (nSPS) is 18.8. The summed E-state index contributed by atoms with van der Waals surface area (Å²) in [6.45, 7) is 3.00. The molecule has 0 spiro atoms. The predicted octanol–water partition coefficient (Wildman–Crippen LogP) is 3.51. The van der Waals surface area contributed by atoms with Crippen LogP contribution in [0.3, 0.4) is 0 Å². The summed E-state index contributed by atoms with van der Waals surface area (Å²) < 4.78 is 24.3. The van der Waals surface area contributed by atoms with Gasteiger partial charge in [-0.3, -0.25) is 4.90 Å². The van der Waals surface area contributed by atoms with Crippen LogP contribution in [-0.4, -0.2) is 34.6 Å². The van der Waals surface area contributed by atoms with Crippen LogP contribution >= 0.6 is 11.3 Å². The number of hydrogen-bond acceptors (Lipinski definition) is 6. The number of hydrogen-bond donors (Lipinski definition) is 0. The third-order valence-electron chi connectivity index (χ3n) is 3.91. The highest BCUT2D eigenvalue weighted by molar-refractivity contribution is 7.09. The van der Waals surface area contributed by atoms with Crippen molar-refractivity contribution >= 4 is 11.3 Å². The Morgan fingerprint density at radius 3 is 2.96 bits per heavy atom. The van der Waals surface area contributed by atoms with E-state index in [4.69, 9.17) is 9.15 Å². The van der Waals surface area contributed by atoms with Gasteiger partial charge in [0.25, 0.3) is 0 Å². The van der Waals surface area contributed by atoms with Gasteiger partial charge in [-0.25, -0.2) is 14.4 Å². The number of halogens is 1. The van der Waals surface area contributed by atoms with Gasteiger partial charge in [-0.2, -0.15) is 0 Å². The molecule has 0 radical (unpaired) electrons. The number of benzene rings is 1. The number of rotatable bonds is 4. The van der Waals surface area contributed by atoms with Gasteiger partial charge in [0.1, 0.15) is 23.2 Å². The lowest BCUT2D eigenvalue weighted by Gasteiger charge is -2.31. The van der Waals surface area contributed by atoms with Gasteiger partial charge >= 0.3 is 0 Å². The maximum Gasteiger partial charge on any atom is 0.226 e. The molecule has 7 heteroatoms. The first kappa shape index (κ1) is 15.4. The van der Waals surface area contributed by atoms with Gasteiger partial charge < -0.3 is 9.15 Å². The van der Waals surface area contributed by atoms with Crippen LogP contribution in [0.1, 0.15) is 16.8 Å². The Hall–Kier alpha value is -2.09. The SMILES string of the molecule is Fc1ccc(-c2nc(CN3CCO[C@H](c4nccs4)C3)co2)cc1. The Morgan fingerprint density at radius 1 is 1.29 bits per heavy atom. The van der Waals surface area contributed by atoms with Gasteiger partial charge in [0.2, 0.25) is 5.89 Å². The van der Waals surface area contributed by atoms with Crippen LogP contribution in [0.2, 0.25) is 0 Å². The van der Waals surface area contributed by atoms with Crippen LogP contribution in [0.4, 0.5) is 4.39 Å². The number of thiazole rings is 1. The fraction of sp³-hybridized carbons (Fsp3) is 0.294. The van der Waals surface area contributed by atoms with Crippen LogP contribution in [0, 0.1) is 5.82 Å². The first-order valence-electron chi connectivity index (χ1n) is 7.71. The van der Waals surface area contributed by atoms with E-state index in [1.165, 1.54) is 12.1 Å². The third-order valence-corrected chi connectivity index (χ3v) is 4.77. The van der Waals surface area contributed by atoms with E-state index in [1.54, 1.807) is 35.9 Å². The smallest absolute Gasteiger partial charge is 0.226 e. The summed E-state index contributed by atoms with van der Waals surface area (Å²) in [6, 6.07) is 6.13. The first-order chi connectivity index (χ1) is 11.8. The Balaban J connectivity index is 1.43. The van der Waals surface area contributed by atoms with E-state index >= 15 is 0 Å². The van der Waals surface area contributed by atoms with Crippen molar-refractivity contribution in [3.8, 4) is 11.5 Å². The van der Waals surface area contributed by atoms with E-state index in [-0.39, 0.29) is 11.9 Å². The van der Waals surface area contributed by atoms with Gasteiger partial charge in [-0.05, 0) is 24.3 Å². The lowest BCUT2D eigenvalue weighted by molar-refractivity contribution is -0.0333. The van der Waals surface area contributed by atoms with Crippen molar-refractivity contribution in [2.45, 2.75) is 12.6 Å². The summed E-state index contributed by atoms with van der Waals surface area (Å²) in [5.74, 6) is 0.238. The largest absolute Gasteiger partial charge is 0.444 e. The zero-order valence-electron chi connectivity index (χ0n) is 12.9. The molecule has 1 atom stereocenters. The molecule has 3 heterocycles. The number of ether oxygens (including phenoxy) is 1. The Kier molecular flexibility index (Phi) is 4.38. The van der Waals surface area contributed by atoms with E-state index in [0.717, 1.165) is 29.4 Å². The summed E-state index contributed by atoms with van der Waals surface area (Å²) in [5, 5.41) is 2.97. The van der Waals surface area contributed by atoms with Gasteiger partial charge in [0, 0.05) is 36.8 Å². The fourth-order valence-corrected chi connectivity index (χ4v) is 3.40. The molecule has 0 aliphatic carbocycles. The fourth-order valence-electron chi connectivity index (χ4n) is 2.72. The number of nitrogens with zero attached hydrogens (tertiary/aromatic N) is 3. The van der Waals surface area contributed by atoms with Crippen molar-refractivity contribution in [3.63, 3.8) is 0 Å². The second-order valence-electron chi connectivity index (χ2n) is 5.62. The van der Waals surface area contributed by atoms with Crippen molar-refractivity contribution in [1.29, 1.82) is 0 Å². The molecule has 1 aliphatic heterocycles. The average molecular weight is 345 g/mol. The zero-order valence-corrected chi connectivity index (χ0v) is 13.7. The summed E-state index contributed by atoms with van der Waals surface area (Å²) >= 11 is 1.61. The van der Waals surface area contributed by atoms with Gasteiger partial charge in [0.05, 0.1) is 12.3 Å². The second kappa shape index (κ2) is 6.80. The minimum atomic E-state index is -0.271. The molecule has 1 aromatic carbocycles. The first-order valence-corrected chi connectivity index (χ1v) is 8.59. The molecule has 0 unspecified atom stereocenters. The summed E-state index contributed by atoms with van der Waals surface area (Å²) in [5.41, 5.74) is 1.62. The summed E-state index contributed by atoms with van der Waals surface area (Å²) in [4.78, 5) is 11.1. The predicted molar refractivity (Wildman–Crippen MR) is 88.0 cm³/mol. The molecule has 0 saturated carbocycles. The Bertz CT molecular complexity index is 789. The lowest BCUT2D eigenvalue weighted by Crippen LogP contribution is -2.37. The summed E-state index contributed by atoms with van der Waals surface area (Å²) in [6.07, 6.45) is 3.48. The van der Waals surface area contributed by atoms with Crippen LogP contribution in [-0.2, 0) is 11.3 Å². The van der Waals surface area contributed by atoms with Gasteiger partial charge in [-0.15, -0.1) is 11.3 Å². The number of morpholine rings is 1. The molecule has 1 saturated heterocycles. The molecular formula is C17H16FN3O2S. The van der Waals surface area contributed by atoms with Crippen molar-refractivity contribution in [2.24, 2.45) is 0 Å². The van der Waals surface area contributed by atoms with Crippen LogP contribution < -0.4 is 0 Å². The molecule has 1 aliphatic rings. The summed E-state index contributed by atoms with van der Waals surface area (Å²) in [7, 11) is 0. The third kappa shape index (κ3) is 3.38. The molecule has 4 rings (SSSR count). The van der Waals surface area contributed by atoms with Crippen molar-refractivity contribution in [2.75, 3.05) is 19.7 Å². The molecule has 0 amide bonds. The maximum absolute atomic E-state index is 13.0. The molecule has 1 fully saturated rings. The average Bonchev–Trinajstić information content (AvgIpc) is 3.28. The highest BCUT2D eigenvalue weighted by atomic mass is 32.1. The molecule has 24 heavy (non-hydrogen) atoms. The highest BCUT2D eigenvalue weighted by Gasteiger charge is 2.24. The van der Waals surface area contributed by atoms with E-state index in [0.29, 0.717) is 19.0 Å². The maximum atomic E-state index is 13.0. The lowest BCUT2D eigenvalue weighted by atomic mass is 10.2. The monoisotopic (exact) mass is 345 g/mol. The molecule has 0 bridgehead atoms. The van der Waals surface area contributed by atoms with E-state index in [9.17, 15) is 4.39 Å². The second-order valence-corrected chi connectivity index (χ2v) is 6.54. The quantitative estimate of drug-likeness (QED) is 0.724. The van der Waals surface area contributed by atoms with Crippen LogP contribution in [0.15, 0.2) is 46.5 Å². The molecule has 0 N–H and O–H groups in total. The minimum Gasteiger partial charge on any atom is -0.444 e. The molecular weight excluding hydrogens is 329 g/mol. The van der Waals surface area contributed by atoms with E-state index < -0.39 is 0 Å². The van der Waals surface area contributed by atoms with Crippen molar-refractivity contribution in [3.05, 3.63) is 58.6 Å². The van der Waals surface area contributed by atoms with Gasteiger partial charge in [-0.1, -0.05) is 0 Å². The van der Waals surface area contributed by atoms with Crippen LogP contribution in [0.25, 0.3) is 11.5 Å². The van der Waals surface area contributed by atoms with Crippen molar-refractivity contribution in [1.82, 2.24) is 14.9 Å². The standard InChI is InChI=1S/C17H16FN3O2S/c18-13-3-1-12(2-4-13)16-20-14(11-23-16)9-21-6-7-22-15(10-21)17-19-5-8-24-17/h1-5,8,11,15H,6-7,9-10H2/t15-/m0/s1. The van der Waals surface area contributed by atoms with E-state index in [1.807, 2.05) is 5.38 Å². The molecule has 124 valence electrons. The molecule has 3 aromatic rings. The Labute approximate surface area is 142 Å². The van der Waals surface area contributed by atoms with Crippen LogP contribution in [0.5, 0.6) is 0 Å². The van der Waals surface area contributed by atoms with Crippen molar-refractivity contribution < 1.29 is 13.5 Å². The van der Waals surface area contributed by atoms with E-state index in [2.05, 4.69) is 14.9 Å². The zero-order chi connectivity index (χ0) is 16.4. The number of oxazole rings is 1.